The van der Waals surface area contributed by atoms with Gasteiger partial charge in [0.1, 0.15) is 0 Å². The van der Waals surface area contributed by atoms with Crippen LogP contribution in [0.5, 0.6) is 0 Å². The molecule has 0 aliphatic carbocycles. The number of amides is 1. The standard InChI is InChI=1S/C18H29N3O4S/c1-3-25-18(24)6-9-21-11-10-20(13-17(21)23)8-5-15-12-19-7-4-16(15)26-14(2)22/h5,16,19H,3-4,6-13H2,1-2H3/b15-5+. The van der Waals surface area contributed by atoms with Crippen molar-refractivity contribution in [3.05, 3.63) is 11.6 Å². The number of carbonyl (C=O) groups excluding carboxylic acids is 3. The number of hydrogen-bond acceptors (Lipinski definition) is 7. The molecule has 1 amide bonds. The molecule has 0 aromatic carbocycles. The van der Waals surface area contributed by atoms with Gasteiger partial charge in [-0.1, -0.05) is 17.8 Å². The van der Waals surface area contributed by atoms with Crippen LogP contribution in [0.3, 0.4) is 0 Å². The second kappa shape index (κ2) is 10.7. The first kappa shape index (κ1) is 20.9. The van der Waals surface area contributed by atoms with Gasteiger partial charge in [-0.2, -0.15) is 0 Å². The molecule has 2 heterocycles. The molecule has 2 aliphatic heterocycles. The summed E-state index contributed by atoms with van der Waals surface area (Å²) in [6.07, 6.45) is 3.37. The average Bonchev–Trinajstić information content (AvgIpc) is 2.60. The molecule has 7 nitrogen and oxygen atoms in total. The normalized spacial score (nSPS) is 23.3. The molecular weight excluding hydrogens is 354 g/mol. The molecule has 2 saturated heterocycles. The van der Waals surface area contributed by atoms with E-state index >= 15 is 0 Å². The van der Waals surface area contributed by atoms with Gasteiger partial charge in [0.2, 0.25) is 5.91 Å². The maximum absolute atomic E-state index is 12.3. The SMILES string of the molecule is CCOC(=O)CCN1CCN(C/C=C2\CNCCC2SC(C)=O)CC1=O. The third kappa shape index (κ3) is 6.74. The van der Waals surface area contributed by atoms with E-state index in [2.05, 4.69) is 16.3 Å². The molecule has 0 spiro atoms. The number of esters is 1. The summed E-state index contributed by atoms with van der Waals surface area (Å²) in [6, 6.07) is 0. The van der Waals surface area contributed by atoms with Crippen molar-refractivity contribution in [1.82, 2.24) is 15.1 Å². The zero-order chi connectivity index (χ0) is 18.9. The summed E-state index contributed by atoms with van der Waals surface area (Å²) in [7, 11) is 0. The quantitative estimate of drug-likeness (QED) is 0.511. The van der Waals surface area contributed by atoms with Gasteiger partial charge in [-0.3, -0.25) is 19.3 Å². The monoisotopic (exact) mass is 383 g/mol. The van der Waals surface area contributed by atoms with Crippen molar-refractivity contribution in [2.24, 2.45) is 0 Å². The van der Waals surface area contributed by atoms with Gasteiger partial charge in [0, 0.05) is 44.9 Å². The van der Waals surface area contributed by atoms with Gasteiger partial charge >= 0.3 is 5.97 Å². The molecule has 146 valence electrons. The van der Waals surface area contributed by atoms with Gasteiger partial charge in [0.25, 0.3) is 0 Å². The maximum atomic E-state index is 12.3. The second-order valence-corrected chi connectivity index (χ2v) is 7.89. The van der Waals surface area contributed by atoms with E-state index in [-0.39, 0.29) is 28.7 Å². The minimum atomic E-state index is -0.258. The molecule has 2 aliphatic rings. The zero-order valence-electron chi connectivity index (χ0n) is 15.7. The van der Waals surface area contributed by atoms with Crippen LogP contribution in [-0.2, 0) is 19.1 Å². The highest BCUT2D eigenvalue weighted by Gasteiger charge is 2.25. The first-order valence-electron chi connectivity index (χ1n) is 9.22. The van der Waals surface area contributed by atoms with E-state index in [1.807, 2.05) is 0 Å². The fourth-order valence-corrected chi connectivity index (χ4v) is 4.13. The van der Waals surface area contributed by atoms with E-state index in [4.69, 9.17) is 4.74 Å². The summed E-state index contributed by atoms with van der Waals surface area (Å²) in [4.78, 5) is 39.0. The number of ether oxygens (including phenoxy) is 1. The molecule has 2 rings (SSSR count). The van der Waals surface area contributed by atoms with Crippen LogP contribution >= 0.6 is 11.8 Å². The molecule has 1 atom stereocenters. The van der Waals surface area contributed by atoms with Crippen LogP contribution in [0.15, 0.2) is 11.6 Å². The summed E-state index contributed by atoms with van der Waals surface area (Å²) >= 11 is 1.40. The third-order valence-corrected chi connectivity index (χ3v) is 5.69. The first-order chi connectivity index (χ1) is 12.5. The van der Waals surface area contributed by atoms with Crippen LogP contribution in [0, 0.1) is 0 Å². The Hall–Kier alpha value is -1.38. The number of rotatable bonds is 7. The van der Waals surface area contributed by atoms with Crippen molar-refractivity contribution in [2.45, 2.75) is 31.9 Å². The van der Waals surface area contributed by atoms with Crippen LogP contribution in [0.25, 0.3) is 0 Å². The lowest BCUT2D eigenvalue weighted by Crippen LogP contribution is -2.50. The van der Waals surface area contributed by atoms with E-state index in [0.29, 0.717) is 32.8 Å². The molecular formula is C18H29N3O4S. The minimum Gasteiger partial charge on any atom is -0.466 e. The number of nitrogens with zero attached hydrogens (tertiary/aromatic N) is 2. The Labute approximate surface area is 159 Å². The Morgan fingerprint density at radius 3 is 2.88 bits per heavy atom. The highest BCUT2D eigenvalue weighted by Crippen LogP contribution is 2.25. The van der Waals surface area contributed by atoms with Gasteiger partial charge in [0.15, 0.2) is 5.12 Å². The zero-order valence-corrected chi connectivity index (χ0v) is 16.5. The minimum absolute atomic E-state index is 0.0513. The van der Waals surface area contributed by atoms with E-state index in [0.717, 1.165) is 26.1 Å². The Morgan fingerprint density at radius 1 is 1.38 bits per heavy atom. The molecule has 0 radical (unpaired) electrons. The van der Waals surface area contributed by atoms with E-state index in [1.54, 1.807) is 18.7 Å². The van der Waals surface area contributed by atoms with Crippen molar-refractivity contribution in [1.29, 1.82) is 0 Å². The molecule has 1 N–H and O–H groups in total. The summed E-state index contributed by atoms with van der Waals surface area (Å²) < 4.78 is 4.91. The molecule has 0 saturated carbocycles. The molecule has 0 aromatic heterocycles. The van der Waals surface area contributed by atoms with Gasteiger partial charge in [0.05, 0.1) is 19.6 Å². The highest BCUT2D eigenvalue weighted by molar-refractivity contribution is 8.14. The topological polar surface area (TPSA) is 79.0 Å². The first-order valence-corrected chi connectivity index (χ1v) is 10.1. The largest absolute Gasteiger partial charge is 0.466 e. The van der Waals surface area contributed by atoms with Crippen LogP contribution in [0.1, 0.15) is 26.7 Å². The number of piperazine rings is 1. The predicted octanol–water partition coefficient (Wildman–Crippen LogP) is 0.652. The summed E-state index contributed by atoms with van der Waals surface area (Å²) in [5, 5.41) is 3.74. The van der Waals surface area contributed by atoms with E-state index in [1.165, 1.54) is 17.3 Å². The van der Waals surface area contributed by atoms with Crippen molar-refractivity contribution >= 4 is 28.8 Å². The Kier molecular flexibility index (Phi) is 8.61. The predicted molar refractivity (Wildman–Crippen MR) is 102 cm³/mol. The highest BCUT2D eigenvalue weighted by atomic mass is 32.2. The summed E-state index contributed by atoms with van der Waals surface area (Å²) in [5.41, 5.74) is 1.24. The van der Waals surface area contributed by atoms with Crippen LogP contribution < -0.4 is 5.32 Å². The molecule has 2 fully saturated rings. The Morgan fingerprint density at radius 2 is 2.19 bits per heavy atom. The number of thioether (sulfide) groups is 1. The van der Waals surface area contributed by atoms with Crippen molar-refractivity contribution in [3.8, 4) is 0 Å². The summed E-state index contributed by atoms with van der Waals surface area (Å²) in [5.74, 6) is -0.207. The number of nitrogens with one attached hydrogen (secondary N) is 1. The van der Waals surface area contributed by atoms with E-state index in [9.17, 15) is 14.4 Å². The fourth-order valence-electron chi connectivity index (χ4n) is 3.16. The van der Waals surface area contributed by atoms with Gasteiger partial charge in [-0.25, -0.2) is 0 Å². The van der Waals surface area contributed by atoms with Crippen LogP contribution in [-0.4, -0.2) is 84.5 Å². The number of carbonyl (C=O) groups is 3. The second-order valence-electron chi connectivity index (χ2n) is 6.51. The molecule has 8 heteroatoms. The maximum Gasteiger partial charge on any atom is 0.307 e. The van der Waals surface area contributed by atoms with Crippen molar-refractivity contribution in [3.63, 3.8) is 0 Å². The van der Waals surface area contributed by atoms with Crippen LogP contribution in [0.2, 0.25) is 0 Å². The number of hydrogen-bond donors (Lipinski definition) is 1. The van der Waals surface area contributed by atoms with Gasteiger partial charge in [-0.15, -0.1) is 0 Å². The lowest BCUT2D eigenvalue weighted by Gasteiger charge is -2.34. The Balaban J connectivity index is 1.80. The van der Waals surface area contributed by atoms with Gasteiger partial charge < -0.3 is 15.0 Å². The molecule has 26 heavy (non-hydrogen) atoms. The van der Waals surface area contributed by atoms with Gasteiger partial charge in [-0.05, 0) is 25.5 Å². The number of piperidine rings is 1. The third-order valence-electron chi connectivity index (χ3n) is 4.53. The lowest BCUT2D eigenvalue weighted by atomic mass is 10.1. The van der Waals surface area contributed by atoms with Crippen LogP contribution in [0.4, 0.5) is 0 Å². The molecule has 0 aromatic rings. The van der Waals surface area contributed by atoms with Crippen molar-refractivity contribution in [2.75, 3.05) is 52.4 Å². The van der Waals surface area contributed by atoms with Crippen molar-refractivity contribution < 1.29 is 19.1 Å². The average molecular weight is 384 g/mol. The smallest absolute Gasteiger partial charge is 0.307 e. The molecule has 1 unspecified atom stereocenters. The fraction of sp³-hybridized carbons (Fsp3) is 0.722. The Bertz CT molecular complexity index is 553. The molecule has 0 bridgehead atoms. The lowest BCUT2D eigenvalue weighted by molar-refractivity contribution is -0.144. The van der Waals surface area contributed by atoms with E-state index < -0.39 is 0 Å². The summed E-state index contributed by atoms with van der Waals surface area (Å²) in [6.45, 7) is 8.41.